The average molecular weight is 379 g/mol. The molecule has 0 fully saturated rings. The van der Waals surface area contributed by atoms with E-state index < -0.39 is 0 Å². The van der Waals surface area contributed by atoms with Gasteiger partial charge < -0.3 is 15.4 Å². The highest BCUT2D eigenvalue weighted by atomic mass is 19.1. The van der Waals surface area contributed by atoms with Gasteiger partial charge in [-0.15, -0.1) is 0 Å². The first-order chi connectivity index (χ1) is 13.4. The third-order valence-electron chi connectivity index (χ3n) is 3.84. The van der Waals surface area contributed by atoms with Crippen molar-refractivity contribution >= 4 is 23.2 Å². The van der Waals surface area contributed by atoms with E-state index in [1.165, 1.54) is 37.4 Å². The molecule has 0 unspecified atom stereocenters. The number of amides is 2. The van der Waals surface area contributed by atoms with Crippen LogP contribution in [0.3, 0.4) is 0 Å². The lowest BCUT2D eigenvalue weighted by Crippen LogP contribution is -2.14. The number of ether oxygens (including phenoxy) is 1. The van der Waals surface area contributed by atoms with E-state index in [2.05, 4.69) is 15.6 Å². The van der Waals surface area contributed by atoms with E-state index in [0.29, 0.717) is 28.6 Å². The molecule has 0 aliphatic heterocycles. The zero-order valence-corrected chi connectivity index (χ0v) is 15.3. The molecule has 142 valence electrons. The fourth-order valence-corrected chi connectivity index (χ4v) is 2.43. The maximum atomic E-state index is 12.9. The highest BCUT2D eigenvalue weighted by Crippen LogP contribution is 2.22. The first-order valence-electron chi connectivity index (χ1n) is 8.50. The Balaban J connectivity index is 1.67. The fourth-order valence-electron chi connectivity index (χ4n) is 2.43. The third-order valence-corrected chi connectivity index (χ3v) is 3.84. The van der Waals surface area contributed by atoms with E-state index in [1.54, 1.807) is 30.3 Å². The Kier molecular flexibility index (Phi) is 5.64. The van der Waals surface area contributed by atoms with Gasteiger partial charge in [-0.3, -0.25) is 9.59 Å². The zero-order chi connectivity index (χ0) is 20.1. The van der Waals surface area contributed by atoms with Crippen LogP contribution in [0, 0.1) is 12.7 Å². The van der Waals surface area contributed by atoms with Crippen LogP contribution in [-0.2, 0) is 4.79 Å². The Morgan fingerprint density at radius 1 is 1.00 bits per heavy atom. The summed E-state index contributed by atoms with van der Waals surface area (Å²) in [6, 6.07) is 13.9. The summed E-state index contributed by atoms with van der Waals surface area (Å²) in [5, 5.41) is 5.43. The number of aryl methyl sites for hydroxylation is 1. The molecule has 0 aliphatic rings. The van der Waals surface area contributed by atoms with E-state index in [1.807, 2.05) is 6.92 Å². The van der Waals surface area contributed by atoms with Crippen LogP contribution in [0.4, 0.5) is 15.8 Å². The number of anilines is 2. The number of aromatic nitrogens is 1. The summed E-state index contributed by atoms with van der Waals surface area (Å²) in [5.41, 5.74) is 2.33. The number of nitrogens with one attached hydrogen (secondary N) is 2. The van der Waals surface area contributed by atoms with Crippen molar-refractivity contribution in [1.82, 2.24) is 4.98 Å². The van der Waals surface area contributed by atoms with Crippen molar-refractivity contribution in [2.24, 2.45) is 0 Å². The Hall–Kier alpha value is -3.74. The summed E-state index contributed by atoms with van der Waals surface area (Å²) in [5.74, 6) is -0.123. The summed E-state index contributed by atoms with van der Waals surface area (Å²) >= 11 is 0. The molecule has 1 heterocycles. The molecule has 0 saturated heterocycles. The van der Waals surface area contributed by atoms with Gasteiger partial charge in [0.25, 0.3) is 5.91 Å². The smallest absolute Gasteiger partial charge is 0.255 e. The van der Waals surface area contributed by atoms with Gasteiger partial charge in [0.1, 0.15) is 11.6 Å². The van der Waals surface area contributed by atoms with Crippen LogP contribution in [0.2, 0.25) is 0 Å². The van der Waals surface area contributed by atoms with E-state index in [0.717, 1.165) is 5.56 Å². The normalized spacial score (nSPS) is 10.2. The van der Waals surface area contributed by atoms with Gasteiger partial charge in [0.15, 0.2) is 0 Å². The molecule has 0 radical (unpaired) electrons. The molecule has 0 bridgehead atoms. The van der Waals surface area contributed by atoms with Crippen LogP contribution in [-0.4, -0.2) is 16.8 Å². The van der Waals surface area contributed by atoms with Gasteiger partial charge in [-0.1, -0.05) is 6.07 Å². The Labute approximate surface area is 161 Å². The number of pyridine rings is 1. The van der Waals surface area contributed by atoms with Crippen LogP contribution in [0.1, 0.15) is 22.8 Å². The van der Waals surface area contributed by atoms with Gasteiger partial charge in [0.05, 0.1) is 11.9 Å². The van der Waals surface area contributed by atoms with Gasteiger partial charge >= 0.3 is 0 Å². The molecule has 3 aromatic rings. The second kappa shape index (κ2) is 8.30. The molecule has 0 spiro atoms. The van der Waals surface area contributed by atoms with E-state index in [-0.39, 0.29) is 17.6 Å². The largest absolute Gasteiger partial charge is 0.439 e. The third kappa shape index (κ3) is 4.91. The molecule has 0 atom stereocenters. The van der Waals surface area contributed by atoms with Crippen LogP contribution in [0.25, 0.3) is 0 Å². The predicted molar refractivity (Wildman–Crippen MR) is 104 cm³/mol. The molecule has 0 aliphatic carbocycles. The summed E-state index contributed by atoms with van der Waals surface area (Å²) in [6.07, 6.45) is 1.46. The molecule has 2 aromatic carbocycles. The van der Waals surface area contributed by atoms with Gasteiger partial charge in [0.2, 0.25) is 11.8 Å². The van der Waals surface area contributed by atoms with Crippen molar-refractivity contribution < 1.29 is 18.7 Å². The van der Waals surface area contributed by atoms with Gasteiger partial charge in [-0.2, -0.15) is 0 Å². The monoisotopic (exact) mass is 379 g/mol. The Bertz CT molecular complexity index is 1000. The van der Waals surface area contributed by atoms with E-state index in [9.17, 15) is 14.0 Å². The van der Waals surface area contributed by atoms with Crippen LogP contribution < -0.4 is 15.4 Å². The van der Waals surface area contributed by atoms with Crippen molar-refractivity contribution in [2.75, 3.05) is 10.6 Å². The number of nitrogens with zero attached hydrogens (tertiary/aromatic N) is 1. The van der Waals surface area contributed by atoms with Gasteiger partial charge in [-0.05, 0) is 55.0 Å². The summed E-state index contributed by atoms with van der Waals surface area (Å²) in [4.78, 5) is 27.8. The molecule has 28 heavy (non-hydrogen) atoms. The molecule has 0 saturated carbocycles. The SMILES string of the molecule is CC(=O)Nc1cc(C(=O)Nc2ccc(Oc3ccc(F)cc3)nc2)ccc1C. The predicted octanol–water partition coefficient (Wildman–Crippen LogP) is 4.53. The lowest BCUT2D eigenvalue weighted by atomic mass is 10.1. The molecule has 2 N–H and O–H groups in total. The lowest BCUT2D eigenvalue weighted by Gasteiger charge is -2.10. The molecule has 6 nitrogen and oxygen atoms in total. The van der Waals surface area contributed by atoms with E-state index in [4.69, 9.17) is 4.74 Å². The minimum Gasteiger partial charge on any atom is -0.439 e. The van der Waals surface area contributed by atoms with E-state index >= 15 is 0 Å². The van der Waals surface area contributed by atoms with Crippen LogP contribution in [0.15, 0.2) is 60.8 Å². The second-order valence-corrected chi connectivity index (χ2v) is 6.11. The second-order valence-electron chi connectivity index (χ2n) is 6.11. The number of rotatable bonds is 5. The Morgan fingerprint density at radius 2 is 1.75 bits per heavy atom. The number of carbonyl (C=O) groups is 2. The van der Waals surface area contributed by atoms with Crippen LogP contribution in [0.5, 0.6) is 11.6 Å². The molecular formula is C21H18FN3O3. The summed E-state index contributed by atoms with van der Waals surface area (Å²) in [6.45, 7) is 3.25. The number of carbonyl (C=O) groups excluding carboxylic acids is 2. The quantitative estimate of drug-likeness (QED) is 0.682. The van der Waals surface area contributed by atoms with Gasteiger partial charge in [-0.25, -0.2) is 9.37 Å². The van der Waals surface area contributed by atoms with Crippen molar-refractivity contribution in [2.45, 2.75) is 13.8 Å². The molecule has 7 heteroatoms. The minimum atomic E-state index is -0.351. The van der Waals surface area contributed by atoms with Gasteiger partial charge in [0, 0.05) is 24.2 Å². The standard InChI is InChI=1S/C21H18FN3O3/c1-13-3-4-15(11-19(13)24-14(2)26)21(27)25-17-7-10-20(23-12-17)28-18-8-5-16(22)6-9-18/h3-12H,1-2H3,(H,24,26)(H,25,27). The maximum absolute atomic E-state index is 12.9. The minimum absolute atomic E-state index is 0.207. The first-order valence-corrected chi connectivity index (χ1v) is 8.50. The van der Waals surface area contributed by atoms with Crippen molar-refractivity contribution in [3.8, 4) is 11.6 Å². The topological polar surface area (TPSA) is 80.3 Å². The summed E-state index contributed by atoms with van der Waals surface area (Å²) < 4.78 is 18.4. The summed E-state index contributed by atoms with van der Waals surface area (Å²) in [7, 11) is 0. The molecule has 2 amide bonds. The highest BCUT2D eigenvalue weighted by Gasteiger charge is 2.10. The highest BCUT2D eigenvalue weighted by molar-refractivity contribution is 6.05. The zero-order valence-electron chi connectivity index (χ0n) is 15.3. The van der Waals surface area contributed by atoms with Crippen molar-refractivity contribution in [1.29, 1.82) is 0 Å². The van der Waals surface area contributed by atoms with Crippen LogP contribution >= 0.6 is 0 Å². The molecule has 3 rings (SSSR count). The van der Waals surface area contributed by atoms with Crippen molar-refractivity contribution in [3.05, 3.63) is 77.7 Å². The maximum Gasteiger partial charge on any atom is 0.255 e. The number of hydrogen-bond acceptors (Lipinski definition) is 4. The lowest BCUT2D eigenvalue weighted by molar-refractivity contribution is -0.114. The van der Waals surface area contributed by atoms with Crippen molar-refractivity contribution in [3.63, 3.8) is 0 Å². The first kappa shape index (κ1) is 19.0. The Morgan fingerprint density at radius 3 is 2.39 bits per heavy atom. The average Bonchev–Trinajstić information content (AvgIpc) is 2.66. The fraction of sp³-hybridized carbons (Fsp3) is 0.0952. The molecule has 1 aromatic heterocycles. The number of benzene rings is 2. The number of halogens is 1. The number of hydrogen-bond donors (Lipinski definition) is 2. The molecular weight excluding hydrogens is 361 g/mol.